The molecule has 1 saturated heterocycles. The summed E-state index contributed by atoms with van der Waals surface area (Å²) >= 11 is 0. The Hall–Kier alpha value is -0.150. The van der Waals surface area contributed by atoms with Crippen LogP contribution in [0, 0.1) is 5.92 Å². The first-order valence-corrected chi connectivity index (χ1v) is 5.39. The fourth-order valence-electron chi connectivity index (χ4n) is 1.92. The van der Waals surface area contributed by atoms with Gasteiger partial charge in [-0.25, -0.2) is 0 Å². The Balaban J connectivity index is 2.24. The molecule has 0 saturated carbocycles. The van der Waals surface area contributed by atoms with E-state index in [1.807, 2.05) is 6.08 Å². The van der Waals surface area contributed by atoms with E-state index in [9.17, 15) is 9.32 Å². The first-order valence-electron chi connectivity index (χ1n) is 4.01. The first kappa shape index (κ1) is 7.50. The van der Waals surface area contributed by atoms with Gasteiger partial charge in [-0.15, -0.1) is 0 Å². The fraction of sp³-hybridized carbons (Fsp3) is 0.750. The maximum atomic E-state index is 11.3. The van der Waals surface area contributed by atoms with Crippen LogP contribution in [0.1, 0.15) is 12.8 Å². The van der Waals surface area contributed by atoms with Gasteiger partial charge >= 0.3 is 0 Å². The molecule has 0 aromatic carbocycles. The van der Waals surface area contributed by atoms with Gasteiger partial charge in [-0.2, -0.15) is 0 Å². The van der Waals surface area contributed by atoms with Gasteiger partial charge in [0.1, 0.15) is 0 Å². The van der Waals surface area contributed by atoms with Crippen LogP contribution in [0.25, 0.3) is 0 Å². The van der Waals surface area contributed by atoms with Crippen molar-refractivity contribution in [3.63, 3.8) is 0 Å². The van der Waals surface area contributed by atoms with Crippen molar-refractivity contribution in [3.05, 3.63) is 12.2 Å². The molecule has 0 aromatic rings. The molecule has 1 fully saturated rings. The summed E-state index contributed by atoms with van der Waals surface area (Å²) in [6, 6.07) is 0. The topological polar surface area (TPSA) is 37.3 Å². The lowest BCUT2D eigenvalue weighted by Gasteiger charge is -2.19. The highest BCUT2D eigenvalue weighted by molar-refractivity contribution is 7.86. The third kappa shape index (κ3) is 1.16. The van der Waals surface area contributed by atoms with Gasteiger partial charge in [-0.05, 0) is 12.8 Å². The summed E-state index contributed by atoms with van der Waals surface area (Å²) in [6.45, 7) is 0. The molecule has 1 N–H and O–H groups in total. The average molecular weight is 172 g/mol. The van der Waals surface area contributed by atoms with Crippen molar-refractivity contribution in [1.29, 1.82) is 0 Å². The standard InChI is InChI=1S/C8H12O2S/c9-7-5-11(10)8-4-2-1-3-6(7)8/h1,3,6-9H,2,4-5H2/t6-,7+,8-,11?/m1/s1. The van der Waals surface area contributed by atoms with Gasteiger partial charge in [0, 0.05) is 22.0 Å². The largest absolute Gasteiger partial charge is 0.392 e. The number of allylic oxidation sites excluding steroid dienone is 1. The van der Waals surface area contributed by atoms with Gasteiger partial charge in [0.05, 0.1) is 11.9 Å². The van der Waals surface area contributed by atoms with Gasteiger partial charge in [0.15, 0.2) is 0 Å². The molecule has 4 atom stereocenters. The summed E-state index contributed by atoms with van der Waals surface area (Å²) in [5.74, 6) is 0.671. The maximum absolute atomic E-state index is 11.3. The number of aliphatic hydroxyl groups is 1. The summed E-state index contributed by atoms with van der Waals surface area (Å²) in [6.07, 6.45) is 5.79. The number of fused-ring (bicyclic) bond motifs is 1. The normalized spacial score (nSPS) is 49.2. The Labute approximate surface area is 68.8 Å². The van der Waals surface area contributed by atoms with Crippen molar-refractivity contribution in [3.8, 4) is 0 Å². The van der Waals surface area contributed by atoms with Crippen molar-refractivity contribution >= 4 is 10.8 Å². The molecule has 62 valence electrons. The molecule has 0 bridgehead atoms. The lowest BCUT2D eigenvalue weighted by atomic mass is 9.92. The highest BCUT2D eigenvalue weighted by Gasteiger charge is 2.39. The van der Waals surface area contributed by atoms with Crippen molar-refractivity contribution in [2.24, 2.45) is 5.92 Å². The SMILES string of the molecule is O=S1C[C@H](O)[C@H]2C=CCC[C@H]21. The van der Waals surface area contributed by atoms with Crippen LogP contribution in [0.3, 0.4) is 0 Å². The third-order valence-corrected chi connectivity index (χ3v) is 4.42. The molecule has 11 heavy (non-hydrogen) atoms. The summed E-state index contributed by atoms with van der Waals surface area (Å²) in [4.78, 5) is 0. The van der Waals surface area contributed by atoms with E-state index in [-0.39, 0.29) is 17.3 Å². The Morgan fingerprint density at radius 1 is 1.55 bits per heavy atom. The summed E-state index contributed by atoms with van der Waals surface area (Å²) < 4.78 is 11.3. The van der Waals surface area contributed by atoms with Crippen molar-refractivity contribution in [1.82, 2.24) is 0 Å². The van der Waals surface area contributed by atoms with Crippen LogP contribution in [-0.4, -0.2) is 26.4 Å². The highest BCUT2D eigenvalue weighted by atomic mass is 32.2. The number of rotatable bonds is 0. The number of hydrogen-bond acceptors (Lipinski definition) is 2. The number of aliphatic hydroxyl groups excluding tert-OH is 1. The molecule has 2 nitrogen and oxygen atoms in total. The van der Waals surface area contributed by atoms with E-state index in [0.29, 0.717) is 5.75 Å². The first-order chi connectivity index (χ1) is 5.29. The molecule has 1 aliphatic heterocycles. The van der Waals surface area contributed by atoms with Crippen LogP contribution in [0.5, 0.6) is 0 Å². The van der Waals surface area contributed by atoms with Crippen molar-refractivity contribution in [2.75, 3.05) is 5.75 Å². The minimum atomic E-state index is -0.771. The predicted octanol–water partition coefficient (Wildman–Crippen LogP) is 0.444. The molecule has 2 rings (SSSR count). The Bertz CT molecular complexity index is 212. The van der Waals surface area contributed by atoms with Crippen molar-refractivity contribution in [2.45, 2.75) is 24.2 Å². The average Bonchev–Trinajstić information content (AvgIpc) is 2.30. The Morgan fingerprint density at radius 2 is 2.36 bits per heavy atom. The molecule has 0 radical (unpaired) electrons. The molecule has 0 aromatic heterocycles. The van der Waals surface area contributed by atoms with E-state index in [2.05, 4.69) is 6.08 Å². The zero-order chi connectivity index (χ0) is 7.84. The van der Waals surface area contributed by atoms with Gasteiger partial charge in [-0.3, -0.25) is 4.21 Å². The zero-order valence-corrected chi connectivity index (χ0v) is 7.09. The smallest absolute Gasteiger partial charge is 0.0729 e. The number of hydrogen-bond donors (Lipinski definition) is 1. The van der Waals surface area contributed by atoms with Gasteiger partial charge in [0.25, 0.3) is 0 Å². The maximum Gasteiger partial charge on any atom is 0.0729 e. The minimum Gasteiger partial charge on any atom is -0.392 e. The summed E-state index contributed by atoms with van der Waals surface area (Å²) in [5, 5.41) is 9.70. The quantitative estimate of drug-likeness (QED) is 0.538. The Kier molecular flexibility index (Phi) is 1.85. The highest BCUT2D eigenvalue weighted by Crippen LogP contribution is 2.32. The molecule has 0 amide bonds. The lowest BCUT2D eigenvalue weighted by Crippen LogP contribution is -2.24. The second kappa shape index (κ2) is 2.72. The molecule has 0 spiro atoms. The third-order valence-electron chi connectivity index (χ3n) is 2.52. The van der Waals surface area contributed by atoms with Crippen LogP contribution < -0.4 is 0 Å². The monoisotopic (exact) mass is 172 g/mol. The van der Waals surface area contributed by atoms with Crippen LogP contribution in [0.4, 0.5) is 0 Å². The lowest BCUT2D eigenvalue weighted by molar-refractivity contribution is 0.158. The summed E-state index contributed by atoms with van der Waals surface area (Å²) in [7, 11) is -0.771. The molecular weight excluding hydrogens is 160 g/mol. The molecule has 1 aliphatic carbocycles. The van der Waals surface area contributed by atoms with Crippen LogP contribution in [0.2, 0.25) is 0 Å². The van der Waals surface area contributed by atoms with Crippen LogP contribution in [-0.2, 0) is 10.8 Å². The van der Waals surface area contributed by atoms with Gasteiger partial charge in [-0.1, -0.05) is 12.2 Å². The van der Waals surface area contributed by atoms with Gasteiger partial charge < -0.3 is 5.11 Å². The van der Waals surface area contributed by atoms with E-state index < -0.39 is 10.8 Å². The molecule has 1 heterocycles. The van der Waals surface area contributed by atoms with E-state index in [1.54, 1.807) is 0 Å². The van der Waals surface area contributed by atoms with E-state index in [1.165, 1.54) is 0 Å². The Morgan fingerprint density at radius 3 is 3.09 bits per heavy atom. The van der Waals surface area contributed by atoms with Crippen LogP contribution in [0.15, 0.2) is 12.2 Å². The molecular formula is C8H12O2S. The second-order valence-corrected chi connectivity index (χ2v) is 4.94. The second-order valence-electron chi connectivity index (χ2n) is 3.24. The minimum absolute atomic E-state index is 0.185. The van der Waals surface area contributed by atoms with E-state index >= 15 is 0 Å². The molecule has 3 heteroatoms. The van der Waals surface area contributed by atoms with E-state index in [0.717, 1.165) is 12.8 Å². The molecule has 1 unspecified atom stereocenters. The van der Waals surface area contributed by atoms with Gasteiger partial charge in [0.2, 0.25) is 0 Å². The van der Waals surface area contributed by atoms with Crippen molar-refractivity contribution < 1.29 is 9.32 Å². The predicted molar refractivity (Wildman–Crippen MR) is 44.7 cm³/mol. The summed E-state index contributed by atoms with van der Waals surface area (Å²) in [5.41, 5.74) is 0. The molecule has 2 aliphatic rings. The van der Waals surface area contributed by atoms with Crippen LogP contribution >= 0.6 is 0 Å². The fourth-order valence-corrected chi connectivity index (χ4v) is 3.74. The zero-order valence-electron chi connectivity index (χ0n) is 6.27. The van der Waals surface area contributed by atoms with E-state index in [4.69, 9.17) is 0 Å².